The van der Waals surface area contributed by atoms with E-state index in [1.165, 1.54) is 0 Å². The first-order valence-corrected chi connectivity index (χ1v) is 8.03. The number of nitrogens with one attached hydrogen (secondary N) is 1. The molecule has 104 valence electrons. The Balaban J connectivity index is 2.02. The van der Waals surface area contributed by atoms with Crippen LogP contribution in [0.2, 0.25) is 0 Å². The van der Waals surface area contributed by atoms with Crippen molar-refractivity contribution in [1.82, 2.24) is 5.32 Å². The quantitative estimate of drug-likeness (QED) is 0.471. The third kappa shape index (κ3) is 6.00. The van der Waals surface area contributed by atoms with Gasteiger partial charge < -0.3 is 10.4 Å². The number of unbranched alkanes of at least 4 members (excludes halogenated alkanes) is 2. The van der Waals surface area contributed by atoms with Gasteiger partial charge in [0, 0.05) is 35.6 Å². The number of hydrogen-bond acceptors (Lipinski definition) is 4. The Kier molecular flexibility index (Phi) is 7.58. The smallest absolute Gasteiger partial charge is 0.303 e. The largest absolute Gasteiger partial charge is 0.481 e. The number of hydrogen-bond donors (Lipinski definition) is 3. The van der Waals surface area contributed by atoms with Gasteiger partial charge in [0.1, 0.15) is 0 Å². The fraction of sp³-hybridized carbons (Fsp3) is 0.833. The van der Waals surface area contributed by atoms with Crippen molar-refractivity contribution in [2.75, 3.05) is 18.1 Å². The van der Waals surface area contributed by atoms with Gasteiger partial charge in [0.2, 0.25) is 5.91 Å². The van der Waals surface area contributed by atoms with E-state index < -0.39 is 5.97 Å². The molecule has 0 aromatic carbocycles. The normalized spacial score (nSPS) is 22.9. The Hall–Kier alpha value is -0.360. The van der Waals surface area contributed by atoms with Crippen LogP contribution in [0, 0.1) is 5.92 Å². The second kappa shape index (κ2) is 8.69. The molecule has 1 fully saturated rings. The van der Waals surface area contributed by atoms with Crippen LogP contribution in [0.25, 0.3) is 0 Å². The molecule has 2 atom stereocenters. The monoisotopic (exact) mass is 291 g/mol. The van der Waals surface area contributed by atoms with Gasteiger partial charge in [-0.1, -0.05) is 6.42 Å². The van der Waals surface area contributed by atoms with Gasteiger partial charge in [0.25, 0.3) is 0 Å². The van der Waals surface area contributed by atoms with E-state index >= 15 is 0 Å². The standard InChI is InChI=1S/C12H21NO3S2/c14-11(15)4-2-1-3-5-13-12(16)9-6-10(7-17)18-8-9/h9-10,17H,1-8H2,(H,13,16)(H,14,15). The van der Waals surface area contributed by atoms with Crippen molar-refractivity contribution in [1.29, 1.82) is 0 Å². The summed E-state index contributed by atoms with van der Waals surface area (Å²) in [4.78, 5) is 22.1. The van der Waals surface area contributed by atoms with Crippen LogP contribution in [0.15, 0.2) is 0 Å². The summed E-state index contributed by atoms with van der Waals surface area (Å²) < 4.78 is 0. The fourth-order valence-corrected chi connectivity index (χ4v) is 3.68. The van der Waals surface area contributed by atoms with E-state index in [9.17, 15) is 9.59 Å². The van der Waals surface area contributed by atoms with Gasteiger partial charge in [-0.05, 0) is 19.3 Å². The van der Waals surface area contributed by atoms with Crippen molar-refractivity contribution in [2.24, 2.45) is 5.92 Å². The molecule has 4 nitrogen and oxygen atoms in total. The molecule has 0 spiro atoms. The average Bonchev–Trinajstić information content (AvgIpc) is 2.81. The predicted molar refractivity (Wildman–Crippen MR) is 77.3 cm³/mol. The number of carboxylic acid groups (broad SMARTS) is 1. The van der Waals surface area contributed by atoms with Crippen LogP contribution in [-0.2, 0) is 9.59 Å². The molecule has 0 saturated carbocycles. The molecule has 2 unspecified atom stereocenters. The summed E-state index contributed by atoms with van der Waals surface area (Å²) in [5.74, 6) is 1.26. The summed E-state index contributed by atoms with van der Waals surface area (Å²) in [6, 6.07) is 0. The van der Waals surface area contributed by atoms with Gasteiger partial charge in [0.05, 0.1) is 0 Å². The Labute approximate surface area is 118 Å². The number of carboxylic acids is 1. The molecule has 1 heterocycles. The van der Waals surface area contributed by atoms with Gasteiger partial charge in [0.15, 0.2) is 0 Å². The van der Waals surface area contributed by atoms with Crippen LogP contribution in [-0.4, -0.2) is 40.3 Å². The van der Waals surface area contributed by atoms with E-state index in [1.54, 1.807) is 0 Å². The lowest BCUT2D eigenvalue weighted by molar-refractivity contribution is -0.137. The summed E-state index contributed by atoms with van der Waals surface area (Å²) in [7, 11) is 0. The van der Waals surface area contributed by atoms with Crippen molar-refractivity contribution in [3.05, 3.63) is 0 Å². The van der Waals surface area contributed by atoms with Crippen molar-refractivity contribution in [2.45, 2.75) is 37.4 Å². The molecule has 6 heteroatoms. The first-order chi connectivity index (χ1) is 8.63. The van der Waals surface area contributed by atoms with Gasteiger partial charge in [-0.3, -0.25) is 9.59 Å². The zero-order valence-electron chi connectivity index (χ0n) is 10.4. The van der Waals surface area contributed by atoms with Crippen LogP contribution < -0.4 is 5.32 Å². The molecule has 1 aliphatic heterocycles. The lowest BCUT2D eigenvalue weighted by Crippen LogP contribution is -2.31. The maximum absolute atomic E-state index is 11.8. The number of carbonyl (C=O) groups excluding carboxylic acids is 1. The maximum Gasteiger partial charge on any atom is 0.303 e. The molecule has 0 aromatic heterocycles. The van der Waals surface area contributed by atoms with E-state index in [4.69, 9.17) is 5.11 Å². The van der Waals surface area contributed by atoms with Crippen LogP contribution in [0.1, 0.15) is 32.1 Å². The Morgan fingerprint density at radius 1 is 1.33 bits per heavy atom. The highest BCUT2D eigenvalue weighted by molar-refractivity contribution is 8.00. The van der Waals surface area contributed by atoms with Gasteiger partial charge in [-0.2, -0.15) is 24.4 Å². The number of thiol groups is 1. The number of carbonyl (C=O) groups is 2. The Morgan fingerprint density at radius 2 is 2.11 bits per heavy atom. The highest BCUT2D eigenvalue weighted by Gasteiger charge is 2.29. The summed E-state index contributed by atoms with van der Waals surface area (Å²) >= 11 is 6.08. The van der Waals surface area contributed by atoms with Crippen LogP contribution in [0.3, 0.4) is 0 Å². The zero-order valence-corrected chi connectivity index (χ0v) is 12.1. The van der Waals surface area contributed by atoms with Crippen molar-refractivity contribution >= 4 is 36.3 Å². The molecule has 1 rings (SSSR count). The minimum absolute atomic E-state index is 0.131. The van der Waals surface area contributed by atoms with Crippen LogP contribution in [0.5, 0.6) is 0 Å². The molecular weight excluding hydrogens is 270 g/mol. The molecular formula is C12H21NO3S2. The summed E-state index contributed by atoms with van der Waals surface area (Å²) in [5, 5.41) is 11.9. The molecule has 0 radical (unpaired) electrons. The van der Waals surface area contributed by atoms with E-state index in [-0.39, 0.29) is 18.2 Å². The summed E-state index contributed by atoms with van der Waals surface area (Å²) in [5.41, 5.74) is 0. The lowest BCUT2D eigenvalue weighted by atomic mass is 10.1. The molecule has 18 heavy (non-hydrogen) atoms. The van der Waals surface area contributed by atoms with E-state index in [2.05, 4.69) is 17.9 Å². The maximum atomic E-state index is 11.8. The second-order valence-corrected chi connectivity index (χ2v) is 6.26. The molecule has 1 amide bonds. The predicted octanol–water partition coefficient (Wildman–Crippen LogP) is 1.80. The first-order valence-electron chi connectivity index (χ1n) is 6.35. The molecule has 2 N–H and O–H groups in total. The van der Waals surface area contributed by atoms with Crippen LogP contribution >= 0.6 is 24.4 Å². The SMILES string of the molecule is O=C(O)CCCCCNC(=O)C1CSC(CS)C1. The highest BCUT2D eigenvalue weighted by atomic mass is 32.2. The highest BCUT2D eigenvalue weighted by Crippen LogP contribution is 2.31. The topological polar surface area (TPSA) is 66.4 Å². The lowest BCUT2D eigenvalue weighted by Gasteiger charge is -2.10. The third-order valence-corrected chi connectivity index (χ3v) is 5.13. The van der Waals surface area contributed by atoms with Crippen LogP contribution in [0.4, 0.5) is 0 Å². The van der Waals surface area contributed by atoms with E-state index in [0.717, 1.165) is 30.8 Å². The van der Waals surface area contributed by atoms with Crippen molar-refractivity contribution < 1.29 is 14.7 Å². The molecule has 0 bridgehead atoms. The first kappa shape index (κ1) is 15.7. The van der Waals surface area contributed by atoms with E-state index in [1.807, 2.05) is 11.8 Å². The average molecular weight is 291 g/mol. The van der Waals surface area contributed by atoms with Gasteiger partial charge in [-0.15, -0.1) is 0 Å². The van der Waals surface area contributed by atoms with E-state index in [0.29, 0.717) is 18.2 Å². The van der Waals surface area contributed by atoms with Gasteiger partial charge >= 0.3 is 5.97 Å². The Morgan fingerprint density at radius 3 is 2.72 bits per heavy atom. The molecule has 0 aromatic rings. The Bertz CT molecular complexity index is 286. The fourth-order valence-electron chi connectivity index (χ4n) is 1.95. The number of amides is 1. The summed E-state index contributed by atoms with van der Waals surface area (Å²) in [6.07, 6.45) is 3.54. The number of thioether (sulfide) groups is 1. The second-order valence-electron chi connectivity index (χ2n) is 4.57. The minimum Gasteiger partial charge on any atom is -0.481 e. The number of rotatable bonds is 8. The van der Waals surface area contributed by atoms with Crippen molar-refractivity contribution in [3.63, 3.8) is 0 Å². The molecule has 1 saturated heterocycles. The number of aliphatic carboxylic acids is 1. The zero-order chi connectivity index (χ0) is 13.4. The summed E-state index contributed by atoms with van der Waals surface area (Å²) in [6.45, 7) is 0.658. The van der Waals surface area contributed by atoms with Gasteiger partial charge in [-0.25, -0.2) is 0 Å². The third-order valence-electron chi connectivity index (χ3n) is 3.02. The molecule has 1 aliphatic rings. The van der Waals surface area contributed by atoms with Crippen molar-refractivity contribution in [3.8, 4) is 0 Å². The minimum atomic E-state index is -0.750. The molecule has 0 aliphatic carbocycles.